The van der Waals surface area contributed by atoms with E-state index in [4.69, 9.17) is 0 Å². The molecule has 0 bridgehead atoms. The molecule has 1 aromatic carbocycles. The number of aryl methyl sites for hydroxylation is 2. The van der Waals surface area contributed by atoms with Gasteiger partial charge in [-0.25, -0.2) is 0 Å². The van der Waals surface area contributed by atoms with Crippen molar-refractivity contribution >= 4 is 0 Å². The van der Waals surface area contributed by atoms with Gasteiger partial charge in [0.25, 0.3) is 0 Å². The fourth-order valence-corrected chi connectivity index (χ4v) is 3.34. The van der Waals surface area contributed by atoms with Crippen LogP contribution in [0.5, 0.6) is 0 Å². The third-order valence-electron chi connectivity index (χ3n) is 4.71. The molecule has 0 aliphatic carbocycles. The Kier molecular flexibility index (Phi) is 5.83. The van der Waals surface area contributed by atoms with E-state index in [1.807, 2.05) is 0 Å². The topological polar surface area (TPSA) is 15.3 Å². The molecule has 2 nitrogen and oxygen atoms in total. The van der Waals surface area contributed by atoms with Gasteiger partial charge in [0.15, 0.2) is 0 Å². The highest BCUT2D eigenvalue weighted by Crippen LogP contribution is 2.19. The van der Waals surface area contributed by atoms with Crippen molar-refractivity contribution in [3.05, 3.63) is 34.9 Å². The molecule has 0 amide bonds. The van der Waals surface area contributed by atoms with Gasteiger partial charge < -0.3 is 5.32 Å². The van der Waals surface area contributed by atoms with Crippen molar-refractivity contribution in [1.82, 2.24) is 10.2 Å². The molecule has 0 aromatic heterocycles. The lowest BCUT2D eigenvalue weighted by Gasteiger charge is -2.30. The van der Waals surface area contributed by atoms with Crippen molar-refractivity contribution in [3.8, 4) is 0 Å². The average Bonchev–Trinajstić information content (AvgIpc) is 2.56. The van der Waals surface area contributed by atoms with E-state index < -0.39 is 0 Å². The summed E-state index contributed by atoms with van der Waals surface area (Å²) in [6.45, 7) is 14.9. The standard InChI is InChI=1S/C19H32N2/c1-14(2)10-19-13-21(17(5)8-9-20-19)12-18-11-15(3)6-7-16(18)4/h6-7,11,14,17,19-20H,8-10,12-13H2,1-5H3. The summed E-state index contributed by atoms with van der Waals surface area (Å²) in [6.07, 6.45) is 2.52. The van der Waals surface area contributed by atoms with Crippen LogP contribution in [0, 0.1) is 19.8 Å². The van der Waals surface area contributed by atoms with Crippen molar-refractivity contribution in [2.24, 2.45) is 5.92 Å². The lowest BCUT2D eigenvalue weighted by Crippen LogP contribution is -2.40. The molecule has 2 rings (SSSR count). The molecule has 1 saturated heterocycles. The van der Waals surface area contributed by atoms with E-state index in [9.17, 15) is 0 Å². The molecule has 0 spiro atoms. The van der Waals surface area contributed by atoms with Gasteiger partial charge in [0.1, 0.15) is 0 Å². The molecular weight excluding hydrogens is 256 g/mol. The molecule has 2 unspecified atom stereocenters. The van der Waals surface area contributed by atoms with Crippen LogP contribution in [-0.4, -0.2) is 30.1 Å². The molecule has 1 aromatic rings. The number of rotatable bonds is 4. The highest BCUT2D eigenvalue weighted by molar-refractivity contribution is 5.30. The first-order valence-corrected chi connectivity index (χ1v) is 8.49. The van der Waals surface area contributed by atoms with Crippen LogP contribution in [0.25, 0.3) is 0 Å². The first-order chi connectivity index (χ1) is 9.95. The predicted octanol–water partition coefficient (Wildman–Crippen LogP) is 3.90. The Morgan fingerprint density at radius 2 is 2.05 bits per heavy atom. The molecular formula is C19H32N2. The molecule has 1 aliphatic heterocycles. The minimum atomic E-state index is 0.639. The third kappa shape index (κ3) is 4.82. The van der Waals surface area contributed by atoms with E-state index in [2.05, 4.69) is 63.0 Å². The van der Waals surface area contributed by atoms with E-state index in [1.165, 1.54) is 36.1 Å². The Labute approximate surface area is 130 Å². The quantitative estimate of drug-likeness (QED) is 0.904. The third-order valence-corrected chi connectivity index (χ3v) is 4.71. The van der Waals surface area contributed by atoms with Crippen LogP contribution in [0.4, 0.5) is 0 Å². The van der Waals surface area contributed by atoms with Gasteiger partial charge >= 0.3 is 0 Å². The number of nitrogens with zero attached hydrogens (tertiary/aromatic N) is 1. The van der Waals surface area contributed by atoms with Gasteiger partial charge in [-0.05, 0) is 57.2 Å². The smallest absolute Gasteiger partial charge is 0.0239 e. The number of nitrogens with one attached hydrogen (secondary N) is 1. The Bertz CT molecular complexity index is 453. The van der Waals surface area contributed by atoms with E-state index >= 15 is 0 Å². The first-order valence-electron chi connectivity index (χ1n) is 8.49. The second kappa shape index (κ2) is 7.42. The minimum Gasteiger partial charge on any atom is -0.313 e. The summed E-state index contributed by atoms with van der Waals surface area (Å²) in [6, 6.07) is 8.14. The number of benzene rings is 1. The maximum absolute atomic E-state index is 3.74. The molecule has 1 fully saturated rings. The maximum atomic E-state index is 3.74. The molecule has 2 heteroatoms. The van der Waals surface area contributed by atoms with E-state index in [1.54, 1.807) is 0 Å². The van der Waals surface area contributed by atoms with Crippen molar-refractivity contribution in [3.63, 3.8) is 0 Å². The van der Waals surface area contributed by atoms with Crippen molar-refractivity contribution < 1.29 is 0 Å². The molecule has 2 atom stereocenters. The fourth-order valence-electron chi connectivity index (χ4n) is 3.34. The Balaban J connectivity index is 2.09. The van der Waals surface area contributed by atoms with Crippen LogP contribution < -0.4 is 5.32 Å². The Morgan fingerprint density at radius 1 is 1.29 bits per heavy atom. The summed E-state index contributed by atoms with van der Waals surface area (Å²) < 4.78 is 0. The second-order valence-electron chi connectivity index (χ2n) is 7.28. The molecule has 0 radical (unpaired) electrons. The summed E-state index contributed by atoms with van der Waals surface area (Å²) in [5, 5.41) is 3.74. The van der Waals surface area contributed by atoms with Crippen LogP contribution in [0.15, 0.2) is 18.2 Å². The summed E-state index contributed by atoms with van der Waals surface area (Å²) in [5.41, 5.74) is 4.28. The van der Waals surface area contributed by atoms with Gasteiger partial charge in [-0.15, -0.1) is 0 Å². The zero-order valence-electron chi connectivity index (χ0n) is 14.4. The van der Waals surface area contributed by atoms with Gasteiger partial charge in [-0.2, -0.15) is 0 Å². The molecule has 0 saturated carbocycles. The molecule has 1 N–H and O–H groups in total. The zero-order chi connectivity index (χ0) is 15.4. The van der Waals surface area contributed by atoms with Crippen LogP contribution in [0.1, 0.15) is 50.3 Å². The maximum Gasteiger partial charge on any atom is 0.0239 e. The van der Waals surface area contributed by atoms with Crippen molar-refractivity contribution in [2.75, 3.05) is 13.1 Å². The van der Waals surface area contributed by atoms with Crippen molar-refractivity contribution in [2.45, 2.75) is 66.1 Å². The van der Waals surface area contributed by atoms with E-state index in [-0.39, 0.29) is 0 Å². The average molecular weight is 288 g/mol. The van der Waals surface area contributed by atoms with Gasteiger partial charge in [-0.1, -0.05) is 37.6 Å². The van der Waals surface area contributed by atoms with Gasteiger partial charge in [0.2, 0.25) is 0 Å². The van der Waals surface area contributed by atoms with Gasteiger partial charge in [0, 0.05) is 25.2 Å². The van der Waals surface area contributed by atoms with Gasteiger partial charge in [0.05, 0.1) is 0 Å². The van der Waals surface area contributed by atoms with E-state index in [0.717, 1.165) is 19.0 Å². The summed E-state index contributed by atoms with van der Waals surface area (Å²) in [4.78, 5) is 2.68. The Hall–Kier alpha value is -0.860. The molecule has 1 heterocycles. The Morgan fingerprint density at radius 3 is 2.76 bits per heavy atom. The zero-order valence-corrected chi connectivity index (χ0v) is 14.4. The lowest BCUT2D eigenvalue weighted by atomic mass is 10.0. The highest BCUT2D eigenvalue weighted by atomic mass is 15.2. The fraction of sp³-hybridized carbons (Fsp3) is 0.684. The number of hydrogen-bond acceptors (Lipinski definition) is 2. The lowest BCUT2D eigenvalue weighted by molar-refractivity contribution is 0.189. The van der Waals surface area contributed by atoms with Crippen LogP contribution >= 0.6 is 0 Å². The predicted molar refractivity (Wildman–Crippen MR) is 91.7 cm³/mol. The van der Waals surface area contributed by atoms with Crippen molar-refractivity contribution in [1.29, 1.82) is 0 Å². The largest absolute Gasteiger partial charge is 0.313 e. The molecule has 118 valence electrons. The monoisotopic (exact) mass is 288 g/mol. The minimum absolute atomic E-state index is 0.639. The van der Waals surface area contributed by atoms with Crippen LogP contribution in [0.2, 0.25) is 0 Å². The van der Waals surface area contributed by atoms with Gasteiger partial charge in [-0.3, -0.25) is 4.90 Å². The molecule has 1 aliphatic rings. The van der Waals surface area contributed by atoms with E-state index in [0.29, 0.717) is 12.1 Å². The summed E-state index contributed by atoms with van der Waals surface area (Å²) >= 11 is 0. The van der Waals surface area contributed by atoms with Crippen LogP contribution in [0.3, 0.4) is 0 Å². The number of hydrogen-bond donors (Lipinski definition) is 1. The molecule has 21 heavy (non-hydrogen) atoms. The summed E-state index contributed by atoms with van der Waals surface area (Å²) in [7, 11) is 0. The van der Waals surface area contributed by atoms with Crippen LogP contribution in [-0.2, 0) is 6.54 Å². The first kappa shape index (κ1) is 16.5. The normalized spacial score (nSPS) is 24.3. The SMILES string of the molecule is Cc1ccc(C)c(CN2CC(CC(C)C)NCCC2C)c1. The summed E-state index contributed by atoms with van der Waals surface area (Å²) in [5.74, 6) is 0.762. The second-order valence-corrected chi connectivity index (χ2v) is 7.28. The highest BCUT2D eigenvalue weighted by Gasteiger charge is 2.23.